The fourth-order valence-corrected chi connectivity index (χ4v) is 1.64. The fraction of sp³-hybridized carbons (Fsp3) is 0.250. The maximum atomic E-state index is 9.14. The van der Waals surface area contributed by atoms with Gasteiger partial charge in [-0.1, -0.05) is 12.1 Å². The van der Waals surface area contributed by atoms with Crippen LogP contribution in [0.15, 0.2) is 30.3 Å². The monoisotopic (exact) mass is 202 g/mol. The van der Waals surface area contributed by atoms with Gasteiger partial charge in [0.15, 0.2) is 0 Å². The maximum absolute atomic E-state index is 9.14. The predicted molar refractivity (Wildman–Crippen MR) is 59.7 cm³/mol. The van der Waals surface area contributed by atoms with E-state index in [1.807, 2.05) is 25.1 Å². The Labute approximate surface area is 88.9 Å². The van der Waals surface area contributed by atoms with Crippen LogP contribution >= 0.6 is 0 Å². The van der Waals surface area contributed by atoms with Crippen LogP contribution in [-0.2, 0) is 6.54 Å². The smallest absolute Gasteiger partial charge is 0.0705 e. The number of hydrogen-bond donors (Lipinski definition) is 1. The highest BCUT2D eigenvalue weighted by Crippen LogP contribution is 2.15. The van der Waals surface area contributed by atoms with Crippen molar-refractivity contribution in [2.24, 2.45) is 0 Å². The van der Waals surface area contributed by atoms with E-state index in [2.05, 4.69) is 17.1 Å². The van der Waals surface area contributed by atoms with E-state index in [9.17, 15) is 0 Å². The number of fused-ring (bicyclic) bond motifs is 1. The van der Waals surface area contributed by atoms with Gasteiger partial charge in [0, 0.05) is 24.7 Å². The fourth-order valence-electron chi connectivity index (χ4n) is 1.64. The molecule has 3 heteroatoms. The number of rotatable bonds is 2. The van der Waals surface area contributed by atoms with Crippen LogP contribution in [-0.4, -0.2) is 22.3 Å². The molecule has 0 radical (unpaired) electrons. The first-order valence-corrected chi connectivity index (χ1v) is 4.91. The summed E-state index contributed by atoms with van der Waals surface area (Å²) in [6.07, 6.45) is 0. The van der Waals surface area contributed by atoms with Gasteiger partial charge in [0.05, 0.1) is 5.52 Å². The molecule has 2 aromatic rings. The van der Waals surface area contributed by atoms with Gasteiger partial charge in [-0.25, -0.2) is 0 Å². The van der Waals surface area contributed by atoms with Gasteiger partial charge in [0.2, 0.25) is 0 Å². The average Bonchev–Trinajstić information content (AvgIpc) is 2.17. The molecule has 0 saturated carbocycles. The lowest BCUT2D eigenvalue weighted by Gasteiger charge is -2.08. The van der Waals surface area contributed by atoms with Crippen LogP contribution in [0.25, 0.3) is 10.9 Å². The van der Waals surface area contributed by atoms with Crippen molar-refractivity contribution < 1.29 is 5.21 Å². The van der Waals surface area contributed by atoms with Crippen LogP contribution in [0.2, 0.25) is 0 Å². The molecule has 0 aliphatic carbocycles. The highest BCUT2D eigenvalue weighted by atomic mass is 16.5. The Morgan fingerprint density at radius 2 is 2.07 bits per heavy atom. The number of benzene rings is 1. The third-order valence-corrected chi connectivity index (χ3v) is 2.30. The Morgan fingerprint density at radius 3 is 2.80 bits per heavy atom. The summed E-state index contributed by atoms with van der Waals surface area (Å²) in [5.74, 6) is 0. The summed E-state index contributed by atoms with van der Waals surface area (Å²) in [6.45, 7) is 2.51. The average molecular weight is 202 g/mol. The van der Waals surface area contributed by atoms with Gasteiger partial charge < -0.3 is 5.21 Å². The molecule has 1 aromatic heterocycles. The van der Waals surface area contributed by atoms with Crippen molar-refractivity contribution in [3.05, 3.63) is 41.6 Å². The Kier molecular flexibility index (Phi) is 2.66. The van der Waals surface area contributed by atoms with Crippen molar-refractivity contribution in [1.29, 1.82) is 0 Å². The molecular weight excluding hydrogens is 188 g/mol. The third-order valence-electron chi connectivity index (χ3n) is 2.30. The van der Waals surface area contributed by atoms with E-state index in [0.717, 1.165) is 22.2 Å². The third kappa shape index (κ3) is 2.32. The van der Waals surface area contributed by atoms with Crippen LogP contribution in [0.3, 0.4) is 0 Å². The molecular formula is C12H14N2O. The normalized spacial score (nSPS) is 11.2. The largest absolute Gasteiger partial charge is 0.314 e. The van der Waals surface area contributed by atoms with E-state index >= 15 is 0 Å². The molecule has 0 unspecified atom stereocenters. The van der Waals surface area contributed by atoms with Crippen LogP contribution in [0.1, 0.15) is 11.3 Å². The standard InChI is InChI=1S/C12H14N2O/c1-9-3-5-11-7-10(8-14(2)15)4-6-12(11)13-9/h3-7,15H,8H2,1-2H3. The molecule has 15 heavy (non-hydrogen) atoms. The molecule has 2 rings (SSSR count). The highest BCUT2D eigenvalue weighted by molar-refractivity contribution is 5.79. The van der Waals surface area contributed by atoms with Gasteiger partial charge in [-0.15, -0.1) is 0 Å². The summed E-state index contributed by atoms with van der Waals surface area (Å²) >= 11 is 0. The van der Waals surface area contributed by atoms with Crippen molar-refractivity contribution in [2.75, 3.05) is 7.05 Å². The first-order chi connectivity index (χ1) is 7.15. The van der Waals surface area contributed by atoms with Crippen molar-refractivity contribution in [1.82, 2.24) is 10.0 Å². The Hall–Kier alpha value is -1.45. The molecule has 0 bridgehead atoms. The number of hydroxylamine groups is 2. The lowest BCUT2D eigenvalue weighted by Crippen LogP contribution is -2.11. The zero-order valence-electron chi connectivity index (χ0n) is 8.94. The predicted octanol–water partition coefficient (Wildman–Crippen LogP) is 2.36. The van der Waals surface area contributed by atoms with Crippen molar-refractivity contribution >= 4 is 10.9 Å². The molecule has 78 valence electrons. The molecule has 0 amide bonds. The van der Waals surface area contributed by atoms with Gasteiger partial charge in [-0.2, -0.15) is 5.06 Å². The van der Waals surface area contributed by atoms with Crippen molar-refractivity contribution in [3.8, 4) is 0 Å². The number of pyridine rings is 1. The van der Waals surface area contributed by atoms with E-state index in [4.69, 9.17) is 5.21 Å². The minimum absolute atomic E-state index is 0.532. The maximum Gasteiger partial charge on any atom is 0.0705 e. The number of hydrogen-bond acceptors (Lipinski definition) is 3. The van der Waals surface area contributed by atoms with Gasteiger partial charge in [0.1, 0.15) is 0 Å². The van der Waals surface area contributed by atoms with Gasteiger partial charge >= 0.3 is 0 Å². The topological polar surface area (TPSA) is 36.4 Å². The molecule has 0 aliphatic heterocycles. The lowest BCUT2D eigenvalue weighted by molar-refractivity contribution is -0.0731. The number of aryl methyl sites for hydroxylation is 1. The second-order valence-electron chi connectivity index (χ2n) is 3.80. The van der Waals surface area contributed by atoms with Crippen LogP contribution in [0, 0.1) is 6.92 Å². The Balaban J connectivity index is 2.43. The lowest BCUT2D eigenvalue weighted by atomic mass is 10.1. The minimum atomic E-state index is 0.532. The quantitative estimate of drug-likeness (QED) is 0.759. The molecule has 1 aromatic carbocycles. The second kappa shape index (κ2) is 3.96. The molecule has 3 nitrogen and oxygen atoms in total. The van der Waals surface area contributed by atoms with E-state index < -0.39 is 0 Å². The highest BCUT2D eigenvalue weighted by Gasteiger charge is 1.99. The molecule has 0 aliphatic rings. The number of nitrogens with zero attached hydrogens (tertiary/aromatic N) is 2. The summed E-state index contributed by atoms with van der Waals surface area (Å²) < 4.78 is 0. The second-order valence-corrected chi connectivity index (χ2v) is 3.80. The van der Waals surface area contributed by atoms with Crippen molar-refractivity contribution in [3.63, 3.8) is 0 Å². The van der Waals surface area contributed by atoms with E-state index in [1.165, 1.54) is 5.06 Å². The van der Waals surface area contributed by atoms with E-state index in [-0.39, 0.29) is 0 Å². The van der Waals surface area contributed by atoms with Gasteiger partial charge in [0.25, 0.3) is 0 Å². The molecule has 0 atom stereocenters. The summed E-state index contributed by atoms with van der Waals surface area (Å²) in [7, 11) is 1.64. The zero-order valence-corrected chi connectivity index (χ0v) is 8.94. The molecule has 0 fully saturated rings. The van der Waals surface area contributed by atoms with Crippen LogP contribution < -0.4 is 0 Å². The van der Waals surface area contributed by atoms with Gasteiger partial charge in [-0.05, 0) is 30.7 Å². The van der Waals surface area contributed by atoms with Crippen molar-refractivity contribution in [2.45, 2.75) is 13.5 Å². The SMILES string of the molecule is Cc1ccc2cc(CN(C)O)ccc2n1. The number of aromatic nitrogens is 1. The van der Waals surface area contributed by atoms with E-state index in [0.29, 0.717) is 6.54 Å². The van der Waals surface area contributed by atoms with E-state index in [1.54, 1.807) is 7.05 Å². The summed E-state index contributed by atoms with van der Waals surface area (Å²) in [5, 5.41) is 11.4. The molecule has 1 N–H and O–H groups in total. The van der Waals surface area contributed by atoms with Gasteiger partial charge in [-0.3, -0.25) is 4.98 Å². The first-order valence-electron chi connectivity index (χ1n) is 4.91. The van der Waals surface area contributed by atoms with Crippen LogP contribution in [0.4, 0.5) is 0 Å². The first kappa shape index (κ1) is 10.1. The minimum Gasteiger partial charge on any atom is -0.314 e. The Bertz CT molecular complexity index is 480. The summed E-state index contributed by atoms with van der Waals surface area (Å²) in [5.41, 5.74) is 3.10. The zero-order chi connectivity index (χ0) is 10.8. The molecule has 0 spiro atoms. The summed E-state index contributed by atoms with van der Waals surface area (Å²) in [4.78, 5) is 4.42. The Morgan fingerprint density at radius 1 is 1.27 bits per heavy atom. The molecule has 0 saturated heterocycles. The molecule has 1 heterocycles. The summed E-state index contributed by atoms with van der Waals surface area (Å²) in [6, 6.07) is 10.1. The van der Waals surface area contributed by atoms with Crippen LogP contribution in [0.5, 0.6) is 0 Å².